The molecule has 2 aromatic rings. The van der Waals surface area contributed by atoms with Crippen molar-refractivity contribution in [2.75, 3.05) is 0 Å². The van der Waals surface area contributed by atoms with Crippen LogP contribution in [0, 0.1) is 13.8 Å². The summed E-state index contributed by atoms with van der Waals surface area (Å²) in [6, 6.07) is 7.73. The van der Waals surface area contributed by atoms with Crippen molar-refractivity contribution in [3.05, 3.63) is 55.2 Å². The third-order valence-electron chi connectivity index (χ3n) is 2.86. The van der Waals surface area contributed by atoms with Crippen LogP contribution in [-0.2, 0) is 13.1 Å². The topological polar surface area (TPSA) is 0 Å². The molecule has 0 unspecified atom stereocenters. The lowest BCUT2D eigenvalue weighted by atomic mass is 10.0. The standard InChI is InChI=1S/C14H14BrFS/c1-9-13(14(15)10(2)17-9)7-11-3-5-12(8-16)6-4-11/h3-6H,7-8H2,1-2H3. The fraction of sp³-hybridized carbons (Fsp3) is 0.286. The minimum Gasteiger partial charge on any atom is -0.246 e. The minimum absolute atomic E-state index is 0.388. The zero-order chi connectivity index (χ0) is 12.4. The first-order valence-electron chi connectivity index (χ1n) is 5.50. The van der Waals surface area contributed by atoms with Crippen LogP contribution in [0.25, 0.3) is 0 Å². The molecule has 17 heavy (non-hydrogen) atoms. The van der Waals surface area contributed by atoms with Crippen LogP contribution >= 0.6 is 27.3 Å². The van der Waals surface area contributed by atoms with Gasteiger partial charge in [0.15, 0.2) is 0 Å². The molecule has 1 aromatic heterocycles. The monoisotopic (exact) mass is 312 g/mol. The number of hydrogen-bond donors (Lipinski definition) is 0. The molecular weight excluding hydrogens is 299 g/mol. The third kappa shape index (κ3) is 2.78. The van der Waals surface area contributed by atoms with E-state index in [0.717, 1.165) is 12.0 Å². The number of aryl methyl sites for hydroxylation is 2. The molecule has 0 spiro atoms. The first-order valence-corrected chi connectivity index (χ1v) is 7.11. The molecule has 0 atom stereocenters. The molecule has 1 heterocycles. The summed E-state index contributed by atoms with van der Waals surface area (Å²) in [6.07, 6.45) is 0.906. The van der Waals surface area contributed by atoms with Crippen LogP contribution in [0.4, 0.5) is 4.39 Å². The lowest BCUT2D eigenvalue weighted by Gasteiger charge is -2.03. The van der Waals surface area contributed by atoms with Crippen LogP contribution in [0.1, 0.15) is 26.4 Å². The van der Waals surface area contributed by atoms with Crippen molar-refractivity contribution in [3.63, 3.8) is 0 Å². The molecule has 1 aromatic carbocycles. The summed E-state index contributed by atoms with van der Waals surface area (Å²) in [5.74, 6) is 0. The van der Waals surface area contributed by atoms with Crippen molar-refractivity contribution in [3.8, 4) is 0 Å². The molecule has 0 bridgehead atoms. The van der Waals surface area contributed by atoms with Crippen molar-refractivity contribution in [2.24, 2.45) is 0 Å². The zero-order valence-corrected chi connectivity index (χ0v) is 12.3. The Labute approximate surface area is 114 Å². The molecule has 90 valence electrons. The Hall–Kier alpha value is -0.670. The van der Waals surface area contributed by atoms with E-state index in [1.165, 1.54) is 25.4 Å². The van der Waals surface area contributed by atoms with Gasteiger partial charge in [0.05, 0.1) is 0 Å². The molecule has 0 nitrogen and oxygen atoms in total. The van der Waals surface area contributed by atoms with Crippen LogP contribution in [-0.4, -0.2) is 0 Å². The van der Waals surface area contributed by atoms with Crippen LogP contribution in [0.15, 0.2) is 28.7 Å². The lowest BCUT2D eigenvalue weighted by Crippen LogP contribution is -1.90. The normalized spacial score (nSPS) is 10.8. The van der Waals surface area contributed by atoms with E-state index >= 15 is 0 Å². The van der Waals surface area contributed by atoms with Gasteiger partial charge in [0.2, 0.25) is 0 Å². The highest BCUT2D eigenvalue weighted by Crippen LogP contribution is 2.33. The quantitative estimate of drug-likeness (QED) is 0.732. The average Bonchev–Trinajstić information content (AvgIpc) is 2.57. The van der Waals surface area contributed by atoms with Gasteiger partial charge >= 0.3 is 0 Å². The van der Waals surface area contributed by atoms with E-state index in [2.05, 4.69) is 29.8 Å². The molecule has 2 rings (SSSR count). The van der Waals surface area contributed by atoms with Crippen LogP contribution < -0.4 is 0 Å². The molecule has 0 aliphatic rings. The van der Waals surface area contributed by atoms with Gasteiger partial charge in [-0.15, -0.1) is 11.3 Å². The van der Waals surface area contributed by atoms with Crippen molar-refractivity contribution in [1.82, 2.24) is 0 Å². The number of thiophene rings is 1. The summed E-state index contributed by atoms with van der Waals surface area (Å²) in [5.41, 5.74) is 3.32. The molecular formula is C14H14BrFS. The van der Waals surface area contributed by atoms with Gasteiger partial charge in [0.1, 0.15) is 6.67 Å². The second-order valence-corrected chi connectivity index (χ2v) is 6.36. The van der Waals surface area contributed by atoms with Crippen LogP contribution in [0.5, 0.6) is 0 Å². The molecule has 0 saturated carbocycles. The van der Waals surface area contributed by atoms with Crippen molar-refractivity contribution < 1.29 is 4.39 Å². The summed E-state index contributed by atoms with van der Waals surface area (Å²) < 4.78 is 13.6. The van der Waals surface area contributed by atoms with Crippen LogP contribution in [0.3, 0.4) is 0 Å². The van der Waals surface area contributed by atoms with Gasteiger partial charge in [-0.05, 0) is 52.9 Å². The summed E-state index contributed by atoms with van der Waals surface area (Å²) in [6.45, 7) is 3.88. The molecule has 0 radical (unpaired) electrons. The molecule has 3 heteroatoms. The van der Waals surface area contributed by atoms with Gasteiger partial charge in [-0.1, -0.05) is 24.3 Å². The Balaban J connectivity index is 2.25. The number of hydrogen-bond acceptors (Lipinski definition) is 1. The maximum absolute atomic E-state index is 12.4. The fourth-order valence-electron chi connectivity index (χ4n) is 1.86. The SMILES string of the molecule is Cc1sc(C)c(Cc2ccc(CF)cc2)c1Br. The minimum atomic E-state index is -0.388. The Kier molecular flexibility index (Phi) is 4.00. The van der Waals surface area contributed by atoms with Crippen molar-refractivity contribution in [1.29, 1.82) is 0 Å². The molecule has 0 N–H and O–H groups in total. The Morgan fingerprint density at radius 1 is 1.06 bits per heavy atom. The largest absolute Gasteiger partial charge is 0.246 e. The Morgan fingerprint density at radius 3 is 2.12 bits per heavy atom. The second-order valence-electron chi connectivity index (χ2n) is 4.13. The number of alkyl halides is 1. The van der Waals surface area contributed by atoms with Gasteiger partial charge in [0, 0.05) is 14.2 Å². The number of halogens is 2. The number of benzene rings is 1. The smallest absolute Gasteiger partial charge is 0.115 e. The van der Waals surface area contributed by atoms with E-state index in [-0.39, 0.29) is 6.67 Å². The van der Waals surface area contributed by atoms with Gasteiger partial charge in [0.25, 0.3) is 0 Å². The molecule has 0 fully saturated rings. The number of rotatable bonds is 3. The van der Waals surface area contributed by atoms with Gasteiger partial charge in [-0.3, -0.25) is 0 Å². The van der Waals surface area contributed by atoms with Gasteiger partial charge in [-0.25, -0.2) is 4.39 Å². The predicted octanol–water partition coefficient (Wildman–Crippen LogP) is 5.19. The Morgan fingerprint density at radius 2 is 1.65 bits per heavy atom. The molecule has 0 amide bonds. The van der Waals surface area contributed by atoms with E-state index in [0.29, 0.717) is 0 Å². The Bertz CT molecular complexity index is 514. The zero-order valence-electron chi connectivity index (χ0n) is 9.89. The summed E-state index contributed by atoms with van der Waals surface area (Å²) in [5, 5.41) is 0. The van der Waals surface area contributed by atoms with E-state index in [9.17, 15) is 4.39 Å². The predicted molar refractivity (Wildman–Crippen MR) is 75.6 cm³/mol. The van der Waals surface area contributed by atoms with E-state index < -0.39 is 0 Å². The maximum Gasteiger partial charge on any atom is 0.115 e. The molecule has 0 aliphatic carbocycles. The van der Waals surface area contributed by atoms with Gasteiger partial charge < -0.3 is 0 Å². The second kappa shape index (κ2) is 5.32. The summed E-state index contributed by atoms with van der Waals surface area (Å²) in [4.78, 5) is 2.67. The highest BCUT2D eigenvalue weighted by Gasteiger charge is 2.10. The maximum atomic E-state index is 12.4. The highest BCUT2D eigenvalue weighted by molar-refractivity contribution is 9.10. The summed E-state index contributed by atoms with van der Waals surface area (Å²) >= 11 is 5.45. The first-order chi connectivity index (χ1) is 8.11. The lowest BCUT2D eigenvalue weighted by molar-refractivity contribution is 0.485. The van der Waals surface area contributed by atoms with E-state index in [1.54, 1.807) is 0 Å². The average molecular weight is 313 g/mol. The van der Waals surface area contributed by atoms with Gasteiger partial charge in [-0.2, -0.15) is 0 Å². The highest BCUT2D eigenvalue weighted by atomic mass is 79.9. The van der Waals surface area contributed by atoms with Crippen molar-refractivity contribution >= 4 is 27.3 Å². The molecule has 0 aliphatic heterocycles. The van der Waals surface area contributed by atoms with Crippen molar-refractivity contribution in [2.45, 2.75) is 26.9 Å². The molecule has 0 saturated heterocycles. The van der Waals surface area contributed by atoms with E-state index in [1.807, 2.05) is 35.6 Å². The first kappa shape index (κ1) is 12.8. The third-order valence-corrected chi connectivity index (χ3v) is 5.26. The summed E-state index contributed by atoms with van der Waals surface area (Å²) in [7, 11) is 0. The van der Waals surface area contributed by atoms with E-state index in [4.69, 9.17) is 0 Å². The fourth-order valence-corrected chi connectivity index (χ4v) is 3.64. The van der Waals surface area contributed by atoms with Crippen LogP contribution in [0.2, 0.25) is 0 Å².